The maximum atomic E-state index is 14.4. The van der Waals surface area contributed by atoms with Crippen LogP contribution in [0.2, 0.25) is 0 Å². The van der Waals surface area contributed by atoms with Gasteiger partial charge in [0.25, 0.3) is 5.91 Å². The van der Waals surface area contributed by atoms with Crippen molar-refractivity contribution in [2.45, 2.75) is 39.3 Å². The van der Waals surface area contributed by atoms with Crippen LogP contribution in [0, 0.1) is 12.7 Å². The average Bonchev–Trinajstić information content (AvgIpc) is 3.19. The zero-order chi connectivity index (χ0) is 27.0. The molecule has 0 fully saturated rings. The fourth-order valence-corrected chi connectivity index (χ4v) is 3.51. The minimum Gasteiger partial charge on any atom is -0.423 e. The van der Waals surface area contributed by atoms with E-state index in [0.29, 0.717) is 18.7 Å². The molecule has 0 aromatic heterocycles. The number of nitrogens with one attached hydrogen (secondary N) is 2. The molecule has 0 saturated heterocycles. The Hall–Kier alpha value is -1.60. The van der Waals surface area contributed by atoms with Crippen LogP contribution in [0.4, 0.5) is 8.78 Å². The van der Waals surface area contributed by atoms with Crippen molar-refractivity contribution in [2.75, 3.05) is 19.6 Å². The zero-order valence-corrected chi connectivity index (χ0v) is 25.0. The minimum absolute atomic E-state index is 0. The van der Waals surface area contributed by atoms with Crippen LogP contribution in [0.15, 0.2) is 60.6 Å². The molecule has 2 amide bonds. The van der Waals surface area contributed by atoms with Gasteiger partial charge in [-0.1, -0.05) is 26.2 Å². The molecule has 1 aliphatic rings. The summed E-state index contributed by atoms with van der Waals surface area (Å²) in [5.41, 5.74) is 1.21. The number of benzene rings is 1. The molecular formula is C26H33BF2KN3O4. The summed E-state index contributed by atoms with van der Waals surface area (Å²) in [6.45, 7) is 18.7. The Labute approximate surface area is 260 Å². The Kier molecular flexibility index (Phi) is 14.2. The third kappa shape index (κ3) is 9.90. The normalized spacial score (nSPS) is 13.2. The summed E-state index contributed by atoms with van der Waals surface area (Å²) in [6, 6.07) is 1.95. The van der Waals surface area contributed by atoms with Crippen LogP contribution in [0.3, 0.4) is 0 Å². The molecule has 37 heavy (non-hydrogen) atoms. The van der Waals surface area contributed by atoms with Gasteiger partial charge in [0.05, 0.1) is 13.2 Å². The Morgan fingerprint density at radius 2 is 2.03 bits per heavy atom. The van der Waals surface area contributed by atoms with E-state index in [-0.39, 0.29) is 105 Å². The molecule has 3 N–H and O–H groups in total. The van der Waals surface area contributed by atoms with Crippen LogP contribution in [0.5, 0.6) is 0 Å². The Balaban J connectivity index is 0.00000684. The SMILES string of the molecule is C=C(/C=C(/F)C(=C)C)C(=C)N(CC(=O)NCCC[CH2-])CC(C)NC(=O)c1cc(F)c2c(c1)B(O)OC2.[K+]. The number of nitrogens with zero attached hydrogens (tertiary/aromatic N) is 1. The first-order valence-electron chi connectivity index (χ1n) is 11.6. The summed E-state index contributed by atoms with van der Waals surface area (Å²) in [5.74, 6) is -2.05. The number of fused-ring (bicyclic) bond motifs is 1. The van der Waals surface area contributed by atoms with Crippen molar-refractivity contribution in [2.24, 2.45) is 0 Å². The monoisotopic (exact) mass is 539 g/mol. The molecule has 194 valence electrons. The Morgan fingerprint density at radius 3 is 2.65 bits per heavy atom. The zero-order valence-electron chi connectivity index (χ0n) is 21.8. The minimum atomic E-state index is -1.29. The molecule has 0 saturated carbocycles. The van der Waals surface area contributed by atoms with Gasteiger partial charge in [0.2, 0.25) is 5.91 Å². The molecule has 2 rings (SSSR count). The summed E-state index contributed by atoms with van der Waals surface area (Å²) in [7, 11) is -1.29. The third-order valence-electron chi connectivity index (χ3n) is 5.56. The maximum absolute atomic E-state index is 14.4. The van der Waals surface area contributed by atoms with Gasteiger partial charge in [0, 0.05) is 36.0 Å². The molecule has 1 atom stereocenters. The third-order valence-corrected chi connectivity index (χ3v) is 5.56. The fourth-order valence-electron chi connectivity index (χ4n) is 3.51. The number of carbonyl (C=O) groups is 2. The Bertz CT molecular complexity index is 1080. The van der Waals surface area contributed by atoms with Crippen LogP contribution in [0.1, 0.15) is 42.6 Å². The van der Waals surface area contributed by atoms with Crippen molar-refractivity contribution in [3.63, 3.8) is 0 Å². The quantitative estimate of drug-likeness (QED) is 0.139. The van der Waals surface area contributed by atoms with Crippen LogP contribution in [0.25, 0.3) is 0 Å². The topological polar surface area (TPSA) is 90.9 Å². The molecule has 1 unspecified atom stereocenters. The van der Waals surface area contributed by atoms with E-state index in [2.05, 4.69) is 37.3 Å². The van der Waals surface area contributed by atoms with Crippen molar-refractivity contribution >= 4 is 24.4 Å². The van der Waals surface area contributed by atoms with Crippen molar-refractivity contribution < 1.29 is 79.4 Å². The average molecular weight is 539 g/mol. The number of unbranched alkanes of at least 4 members (excludes halogenated alkanes) is 1. The summed E-state index contributed by atoms with van der Waals surface area (Å²) in [6.07, 6.45) is 2.58. The van der Waals surface area contributed by atoms with E-state index in [0.717, 1.165) is 12.5 Å². The van der Waals surface area contributed by atoms with Crippen molar-refractivity contribution in [3.05, 3.63) is 84.5 Å². The van der Waals surface area contributed by atoms with Gasteiger partial charge in [-0.2, -0.15) is 6.42 Å². The smallest absolute Gasteiger partial charge is 0.423 e. The summed E-state index contributed by atoms with van der Waals surface area (Å²) in [5, 5.41) is 15.4. The predicted molar refractivity (Wildman–Crippen MR) is 137 cm³/mol. The molecule has 7 nitrogen and oxygen atoms in total. The van der Waals surface area contributed by atoms with Gasteiger partial charge in [0.15, 0.2) is 0 Å². The van der Waals surface area contributed by atoms with Gasteiger partial charge in [0.1, 0.15) is 11.6 Å². The summed E-state index contributed by atoms with van der Waals surface area (Å²) in [4.78, 5) is 26.9. The number of allylic oxidation sites excluding steroid dienone is 3. The van der Waals surface area contributed by atoms with Gasteiger partial charge in [-0.3, -0.25) is 9.59 Å². The van der Waals surface area contributed by atoms with E-state index in [1.807, 2.05) is 0 Å². The standard InChI is InChI=1S/C26H33BF2N3O4.K/c1-7-8-9-30-25(33)14-32(19(6)17(4)10-23(28)16(2)3)13-18(5)31-26(34)20-11-22-21(24(29)12-20)15-36-27(22)35;/h10-12,18,35H,1-2,4,6-9,13-15H2,3,5H3,(H,30,33)(H,31,34);/q-1;+1/b23-10+;. The molecule has 0 aliphatic carbocycles. The molecule has 1 aromatic carbocycles. The second-order valence-electron chi connectivity index (χ2n) is 8.75. The van der Waals surface area contributed by atoms with Crippen molar-refractivity contribution in [3.8, 4) is 0 Å². The van der Waals surface area contributed by atoms with Gasteiger partial charge in [-0.15, -0.1) is 0 Å². The largest absolute Gasteiger partial charge is 1.00 e. The predicted octanol–water partition coefficient (Wildman–Crippen LogP) is -0.302. The van der Waals surface area contributed by atoms with E-state index in [9.17, 15) is 23.4 Å². The van der Waals surface area contributed by atoms with Crippen molar-refractivity contribution in [1.82, 2.24) is 15.5 Å². The van der Waals surface area contributed by atoms with Crippen LogP contribution in [-0.2, 0) is 16.1 Å². The van der Waals surface area contributed by atoms with Crippen molar-refractivity contribution in [1.29, 1.82) is 0 Å². The van der Waals surface area contributed by atoms with E-state index < -0.39 is 30.7 Å². The van der Waals surface area contributed by atoms with E-state index >= 15 is 0 Å². The van der Waals surface area contributed by atoms with E-state index in [4.69, 9.17) is 4.65 Å². The number of carbonyl (C=O) groups excluding carboxylic acids is 2. The van der Waals surface area contributed by atoms with Gasteiger partial charge < -0.3 is 32.1 Å². The molecule has 1 heterocycles. The first-order chi connectivity index (χ1) is 16.9. The van der Waals surface area contributed by atoms with Gasteiger partial charge in [-0.25, -0.2) is 8.78 Å². The van der Waals surface area contributed by atoms with E-state index in [1.165, 1.54) is 19.1 Å². The molecule has 0 radical (unpaired) electrons. The number of amides is 2. The van der Waals surface area contributed by atoms with Gasteiger partial charge >= 0.3 is 58.5 Å². The summed E-state index contributed by atoms with van der Waals surface area (Å²) >= 11 is 0. The summed E-state index contributed by atoms with van der Waals surface area (Å²) < 4.78 is 33.5. The Morgan fingerprint density at radius 1 is 1.35 bits per heavy atom. The number of hydrogen-bond acceptors (Lipinski definition) is 5. The molecule has 1 aliphatic heterocycles. The number of halogens is 2. The maximum Gasteiger partial charge on any atom is 1.00 e. The van der Waals surface area contributed by atoms with Crippen LogP contribution >= 0.6 is 0 Å². The second kappa shape index (κ2) is 15.7. The number of hydrogen-bond donors (Lipinski definition) is 3. The van der Waals surface area contributed by atoms with Gasteiger partial charge in [-0.05, 0) is 48.7 Å². The molecule has 11 heteroatoms. The van der Waals surface area contributed by atoms with E-state index in [1.54, 1.807) is 11.8 Å². The molecular weight excluding hydrogens is 506 g/mol. The first kappa shape index (κ1) is 33.4. The first-order valence-corrected chi connectivity index (χ1v) is 11.6. The molecule has 0 bridgehead atoms. The van der Waals surface area contributed by atoms with Crippen LogP contribution in [-0.4, -0.2) is 54.5 Å². The molecule has 0 spiro atoms. The fraction of sp³-hybridized carbons (Fsp3) is 0.346. The molecule has 1 aromatic rings. The number of rotatable bonds is 13. The second-order valence-corrected chi connectivity index (χ2v) is 8.75. The van der Waals surface area contributed by atoms with Crippen LogP contribution < -0.4 is 67.5 Å².